The highest BCUT2D eigenvalue weighted by Gasteiger charge is 2.26. The van der Waals surface area contributed by atoms with Crippen molar-refractivity contribution >= 4 is 11.6 Å². The van der Waals surface area contributed by atoms with Gasteiger partial charge in [-0.15, -0.1) is 0 Å². The zero-order valence-electron chi connectivity index (χ0n) is 18.5. The Morgan fingerprint density at radius 2 is 1.52 bits per heavy atom. The molecule has 2 aromatic rings. The van der Waals surface area contributed by atoms with E-state index in [-0.39, 0.29) is 17.1 Å². The Bertz CT molecular complexity index is 822. The predicted octanol–water partition coefficient (Wildman–Crippen LogP) is 7.99. The fraction of sp³-hybridized carbons (Fsp3) is 0.556. The minimum Gasteiger partial charge on any atom is -0.352 e. The summed E-state index contributed by atoms with van der Waals surface area (Å²) in [6, 6.07) is 13.6. The molecular weight excluding hydrogens is 411 g/mol. The normalized spacial score (nSPS) is 26.7. The molecule has 0 aromatic heterocycles. The molecule has 0 spiro atoms. The highest BCUT2D eigenvalue weighted by molar-refractivity contribution is 6.30. The van der Waals surface area contributed by atoms with Gasteiger partial charge in [0.15, 0.2) is 6.29 Å². The third kappa shape index (κ3) is 6.09. The van der Waals surface area contributed by atoms with Crippen LogP contribution in [0.2, 0.25) is 5.02 Å². The lowest BCUT2D eigenvalue weighted by Gasteiger charge is -2.32. The van der Waals surface area contributed by atoms with Crippen LogP contribution in [0.1, 0.15) is 69.8 Å². The van der Waals surface area contributed by atoms with Crippen LogP contribution in [0.5, 0.6) is 0 Å². The van der Waals surface area contributed by atoms with Crippen molar-refractivity contribution in [3.05, 3.63) is 58.9 Å². The molecule has 1 saturated carbocycles. The molecular formula is C27H34ClFO2. The molecule has 0 atom stereocenters. The van der Waals surface area contributed by atoms with Crippen molar-refractivity contribution in [3.8, 4) is 11.1 Å². The Morgan fingerprint density at radius 3 is 2.16 bits per heavy atom. The zero-order chi connectivity index (χ0) is 21.6. The van der Waals surface area contributed by atoms with Gasteiger partial charge in [-0.3, -0.25) is 0 Å². The summed E-state index contributed by atoms with van der Waals surface area (Å²) in [5.41, 5.74) is 3.30. The zero-order valence-corrected chi connectivity index (χ0v) is 19.3. The molecule has 0 radical (unpaired) electrons. The van der Waals surface area contributed by atoms with Gasteiger partial charge >= 0.3 is 0 Å². The van der Waals surface area contributed by atoms with Gasteiger partial charge in [0.05, 0.1) is 18.2 Å². The van der Waals surface area contributed by atoms with Crippen LogP contribution in [-0.4, -0.2) is 19.5 Å². The van der Waals surface area contributed by atoms with Crippen LogP contribution in [0.4, 0.5) is 4.39 Å². The molecule has 0 N–H and O–H groups in total. The lowest BCUT2D eigenvalue weighted by molar-refractivity contribution is -0.205. The maximum absolute atomic E-state index is 13.8. The van der Waals surface area contributed by atoms with Crippen LogP contribution < -0.4 is 0 Å². The van der Waals surface area contributed by atoms with Crippen molar-refractivity contribution in [2.24, 2.45) is 11.8 Å². The Kier molecular flexibility index (Phi) is 8.03. The summed E-state index contributed by atoms with van der Waals surface area (Å²) in [6.07, 6.45) is 9.69. The summed E-state index contributed by atoms with van der Waals surface area (Å²) in [5.74, 6) is 1.63. The summed E-state index contributed by atoms with van der Waals surface area (Å²) in [5, 5.41) is 0.166. The van der Waals surface area contributed by atoms with Gasteiger partial charge in [0.25, 0.3) is 0 Å². The van der Waals surface area contributed by atoms with E-state index in [1.165, 1.54) is 56.6 Å². The topological polar surface area (TPSA) is 18.5 Å². The van der Waals surface area contributed by atoms with E-state index in [0.29, 0.717) is 11.8 Å². The predicted molar refractivity (Wildman–Crippen MR) is 125 cm³/mol. The number of benzene rings is 2. The van der Waals surface area contributed by atoms with Crippen molar-refractivity contribution < 1.29 is 13.9 Å². The smallest absolute Gasteiger partial charge is 0.157 e. The van der Waals surface area contributed by atoms with Crippen molar-refractivity contribution in [2.75, 3.05) is 13.2 Å². The van der Waals surface area contributed by atoms with Crippen molar-refractivity contribution in [1.82, 2.24) is 0 Å². The van der Waals surface area contributed by atoms with Crippen LogP contribution in [-0.2, 0) is 9.47 Å². The molecule has 168 valence electrons. The molecule has 2 fully saturated rings. The molecule has 31 heavy (non-hydrogen) atoms. The van der Waals surface area contributed by atoms with Crippen LogP contribution in [0.25, 0.3) is 11.1 Å². The van der Waals surface area contributed by atoms with E-state index < -0.39 is 0 Å². The Hall–Kier alpha value is -1.42. The second-order valence-corrected chi connectivity index (χ2v) is 9.70. The highest BCUT2D eigenvalue weighted by Crippen LogP contribution is 2.38. The lowest BCUT2D eigenvalue weighted by atomic mass is 9.77. The average Bonchev–Trinajstić information content (AvgIpc) is 2.81. The van der Waals surface area contributed by atoms with Crippen molar-refractivity contribution in [1.29, 1.82) is 0 Å². The van der Waals surface area contributed by atoms with Gasteiger partial charge < -0.3 is 9.47 Å². The Balaban J connectivity index is 1.22. The molecule has 0 amide bonds. The van der Waals surface area contributed by atoms with Gasteiger partial charge in [0.2, 0.25) is 0 Å². The van der Waals surface area contributed by atoms with E-state index in [4.69, 9.17) is 21.1 Å². The van der Waals surface area contributed by atoms with E-state index in [1.807, 2.05) is 6.07 Å². The number of halogens is 2. The van der Waals surface area contributed by atoms with E-state index >= 15 is 0 Å². The molecule has 1 saturated heterocycles. The van der Waals surface area contributed by atoms with Crippen molar-refractivity contribution in [3.63, 3.8) is 0 Å². The standard InChI is InChI=1S/C27H34ClFO2/c1-2-3-20-17-30-27(31-18-20)15-6-19-4-7-21(8-5-19)22-9-11-23(12-10-22)24-13-14-25(28)26(29)16-24/h9-14,16,19-21,27H,2-8,15,17-18H2,1H3. The van der Waals surface area contributed by atoms with Crippen LogP contribution >= 0.6 is 11.6 Å². The number of hydrogen-bond acceptors (Lipinski definition) is 2. The number of hydrogen-bond donors (Lipinski definition) is 0. The lowest BCUT2D eigenvalue weighted by Crippen LogP contribution is -2.32. The van der Waals surface area contributed by atoms with Gasteiger partial charge in [-0.1, -0.05) is 55.3 Å². The first kappa shape index (κ1) is 22.8. The first-order valence-electron chi connectivity index (χ1n) is 11.9. The highest BCUT2D eigenvalue weighted by atomic mass is 35.5. The van der Waals surface area contributed by atoms with E-state index in [2.05, 4.69) is 31.2 Å². The average molecular weight is 445 g/mol. The Morgan fingerprint density at radius 1 is 0.839 bits per heavy atom. The summed E-state index contributed by atoms with van der Waals surface area (Å²) in [6.45, 7) is 3.95. The second kappa shape index (κ2) is 10.9. The van der Waals surface area contributed by atoms with E-state index in [0.717, 1.165) is 36.7 Å². The van der Waals surface area contributed by atoms with Gasteiger partial charge in [-0.25, -0.2) is 4.39 Å². The molecule has 1 aliphatic heterocycles. The molecule has 2 aromatic carbocycles. The summed E-state index contributed by atoms with van der Waals surface area (Å²) < 4.78 is 25.6. The molecule has 2 nitrogen and oxygen atoms in total. The van der Waals surface area contributed by atoms with Crippen LogP contribution in [0.3, 0.4) is 0 Å². The largest absolute Gasteiger partial charge is 0.352 e. The third-order valence-electron chi connectivity index (χ3n) is 7.02. The quantitative estimate of drug-likeness (QED) is 0.430. The van der Waals surface area contributed by atoms with E-state index in [1.54, 1.807) is 6.07 Å². The number of ether oxygens (including phenoxy) is 2. The Labute approximate surface area is 191 Å². The SMILES string of the molecule is CCCC1COC(CCC2CCC(c3ccc(-c4ccc(Cl)c(F)c4)cc3)CC2)OC1. The first-order chi connectivity index (χ1) is 15.1. The molecule has 0 unspecified atom stereocenters. The fourth-order valence-electron chi connectivity index (χ4n) is 5.10. The van der Waals surface area contributed by atoms with Crippen LogP contribution in [0, 0.1) is 17.7 Å². The minimum absolute atomic E-state index is 0.0103. The van der Waals surface area contributed by atoms with Gasteiger partial charge in [0.1, 0.15) is 5.82 Å². The summed E-state index contributed by atoms with van der Waals surface area (Å²) in [4.78, 5) is 0. The first-order valence-corrected chi connectivity index (χ1v) is 12.3. The fourth-order valence-corrected chi connectivity index (χ4v) is 5.22. The van der Waals surface area contributed by atoms with E-state index in [9.17, 15) is 4.39 Å². The maximum atomic E-state index is 13.8. The third-order valence-corrected chi connectivity index (χ3v) is 7.33. The second-order valence-electron chi connectivity index (χ2n) is 9.30. The summed E-state index contributed by atoms with van der Waals surface area (Å²) >= 11 is 5.80. The molecule has 1 aliphatic carbocycles. The van der Waals surface area contributed by atoms with Crippen molar-refractivity contribution in [2.45, 2.75) is 70.5 Å². The maximum Gasteiger partial charge on any atom is 0.157 e. The molecule has 1 heterocycles. The monoisotopic (exact) mass is 444 g/mol. The van der Waals surface area contributed by atoms with Gasteiger partial charge in [-0.2, -0.15) is 0 Å². The van der Waals surface area contributed by atoms with Gasteiger partial charge in [-0.05, 0) is 85.6 Å². The molecule has 0 bridgehead atoms. The van der Waals surface area contributed by atoms with Gasteiger partial charge in [0, 0.05) is 5.92 Å². The van der Waals surface area contributed by atoms with Crippen LogP contribution in [0.15, 0.2) is 42.5 Å². The minimum atomic E-state index is -0.369. The number of rotatable bonds is 7. The molecule has 4 heteroatoms. The summed E-state index contributed by atoms with van der Waals surface area (Å²) in [7, 11) is 0. The molecule has 4 rings (SSSR count). The molecule has 2 aliphatic rings.